The predicted molar refractivity (Wildman–Crippen MR) is 70.8 cm³/mol. The van der Waals surface area contributed by atoms with Gasteiger partial charge in [-0.1, -0.05) is 17.7 Å². The molecule has 0 saturated carbocycles. The number of hydrogen-bond acceptors (Lipinski definition) is 1. The van der Waals surface area contributed by atoms with E-state index in [0.717, 1.165) is 24.3 Å². The van der Waals surface area contributed by atoms with E-state index in [0.29, 0.717) is 10.7 Å². The highest BCUT2D eigenvalue weighted by atomic mass is 35.5. The standard InChI is InChI=1S/C14H9ClF3NO/c15-11-2-1-3-12(8-11)19-13(20)9-4-6-10(7-5-9)14(16,17)18/h1-8H,(H,19,20). The average molecular weight is 300 g/mol. The molecule has 0 heterocycles. The third-order valence-electron chi connectivity index (χ3n) is 2.56. The van der Waals surface area contributed by atoms with Gasteiger partial charge in [-0.25, -0.2) is 0 Å². The monoisotopic (exact) mass is 299 g/mol. The van der Waals surface area contributed by atoms with Crippen molar-refractivity contribution >= 4 is 23.2 Å². The van der Waals surface area contributed by atoms with Crippen LogP contribution in [0, 0.1) is 0 Å². The molecule has 0 bridgehead atoms. The summed E-state index contributed by atoms with van der Waals surface area (Å²) in [5.41, 5.74) is -0.183. The minimum Gasteiger partial charge on any atom is -0.322 e. The van der Waals surface area contributed by atoms with Crippen LogP contribution in [0.3, 0.4) is 0 Å². The van der Waals surface area contributed by atoms with Crippen LogP contribution in [0.25, 0.3) is 0 Å². The second-order valence-electron chi connectivity index (χ2n) is 4.04. The Morgan fingerprint density at radius 3 is 2.25 bits per heavy atom. The van der Waals surface area contributed by atoms with Crippen molar-refractivity contribution in [2.45, 2.75) is 6.18 Å². The van der Waals surface area contributed by atoms with Gasteiger partial charge < -0.3 is 5.32 Å². The molecular weight excluding hydrogens is 291 g/mol. The highest BCUT2D eigenvalue weighted by Gasteiger charge is 2.30. The van der Waals surface area contributed by atoms with E-state index in [9.17, 15) is 18.0 Å². The Balaban J connectivity index is 2.14. The van der Waals surface area contributed by atoms with Crippen LogP contribution in [0.4, 0.5) is 18.9 Å². The van der Waals surface area contributed by atoms with Crippen LogP contribution in [-0.2, 0) is 6.18 Å². The van der Waals surface area contributed by atoms with Crippen molar-refractivity contribution in [2.75, 3.05) is 5.32 Å². The lowest BCUT2D eigenvalue weighted by molar-refractivity contribution is -0.137. The molecule has 0 radical (unpaired) electrons. The van der Waals surface area contributed by atoms with Crippen molar-refractivity contribution in [3.05, 3.63) is 64.7 Å². The van der Waals surface area contributed by atoms with Crippen LogP contribution in [0.15, 0.2) is 48.5 Å². The van der Waals surface area contributed by atoms with E-state index in [-0.39, 0.29) is 5.56 Å². The molecule has 0 aliphatic heterocycles. The van der Waals surface area contributed by atoms with Gasteiger partial charge in [0.2, 0.25) is 0 Å². The number of carbonyl (C=O) groups is 1. The molecule has 2 nitrogen and oxygen atoms in total. The number of hydrogen-bond donors (Lipinski definition) is 1. The van der Waals surface area contributed by atoms with Crippen LogP contribution in [0.5, 0.6) is 0 Å². The number of benzene rings is 2. The normalized spacial score (nSPS) is 11.2. The van der Waals surface area contributed by atoms with Gasteiger partial charge in [-0.3, -0.25) is 4.79 Å². The number of carbonyl (C=O) groups excluding carboxylic acids is 1. The van der Waals surface area contributed by atoms with Crippen molar-refractivity contribution in [1.29, 1.82) is 0 Å². The summed E-state index contributed by atoms with van der Waals surface area (Å²) >= 11 is 5.77. The zero-order valence-corrected chi connectivity index (χ0v) is 10.8. The summed E-state index contributed by atoms with van der Waals surface area (Å²) in [7, 11) is 0. The van der Waals surface area contributed by atoms with Crippen molar-refractivity contribution in [2.24, 2.45) is 0 Å². The highest BCUT2D eigenvalue weighted by Crippen LogP contribution is 2.29. The highest BCUT2D eigenvalue weighted by molar-refractivity contribution is 6.30. The number of anilines is 1. The number of alkyl halides is 3. The van der Waals surface area contributed by atoms with Gasteiger partial charge in [0.1, 0.15) is 0 Å². The first kappa shape index (κ1) is 14.4. The summed E-state index contributed by atoms with van der Waals surface area (Å²) in [6.45, 7) is 0. The maximum Gasteiger partial charge on any atom is 0.416 e. The minimum absolute atomic E-state index is 0.137. The molecule has 0 atom stereocenters. The quantitative estimate of drug-likeness (QED) is 0.862. The molecule has 1 amide bonds. The predicted octanol–water partition coefficient (Wildman–Crippen LogP) is 4.61. The molecule has 20 heavy (non-hydrogen) atoms. The Morgan fingerprint density at radius 2 is 1.70 bits per heavy atom. The Kier molecular flexibility index (Phi) is 3.99. The maximum atomic E-state index is 12.4. The van der Waals surface area contributed by atoms with Crippen molar-refractivity contribution in [3.63, 3.8) is 0 Å². The smallest absolute Gasteiger partial charge is 0.322 e. The SMILES string of the molecule is O=C(Nc1cccc(Cl)c1)c1ccc(C(F)(F)F)cc1. The first-order valence-electron chi connectivity index (χ1n) is 5.60. The maximum absolute atomic E-state index is 12.4. The van der Waals surface area contributed by atoms with Crippen LogP contribution < -0.4 is 5.32 Å². The molecule has 6 heteroatoms. The number of amides is 1. The largest absolute Gasteiger partial charge is 0.416 e. The van der Waals surface area contributed by atoms with Crippen LogP contribution in [-0.4, -0.2) is 5.91 Å². The Morgan fingerprint density at radius 1 is 1.05 bits per heavy atom. The van der Waals surface area contributed by atoms with Gasteiger partial charge in [0.15, 0.2) is 0 Å². The molecule has 2 aromatic rings. The van der Waals surface area contributed by atoms with E-state index in [2.05, 4.69) is 5.32 Å². The fraction of sp³-hybridized carbons (Fsp3) is 0.0714. The molecular formula is C14H9ClF3NO. The van der Waals surface area contributed by atoms with Crippen molar-refractivity contribution in [1.82, 2.24) is 0 Å². The molecule has 2 rings (SSSR count). The van der Waals surface area contributed by atoms with E-state index in [1.165, 1.54) is 0 Å². The molecule has 0 aliphatic carbocycles. The van der Waals surface area contributed by atoms with Gasteiger partial charge in [0.05, 0.1) is 5.56 Å². The van der Waals surface area contributed by atoms with Crippen LogP contribution >= 0.6 is 11.6 Å². The molecule has 0 unspecified atom stereocenters. The van der Waals surface area contributed by atoms with E-state index in [1.54, 1.807) is 24.3 Å². The summed E-state index contributed by atoms with van der Waals surface area (Å²) in [5.74, 6) is -0.499. The van der Waals surface area contributed by atoms with Gasteiger partial charge in [0, 0.05) is 16.3 Å². The number of halogens is 4. The zero-order valence-electron chi connectivity index (χ0n) is 10.0. The summed E-state index contributed by atoms with van der Waals surface area (Å²) in [5, 5.41) is 3.01. The second kappa shape index (κ2) is 5.54. The molecule has 0 aliphatic rings. The second-order valence-corrected chi connectivity index (χ2v) is 4.48. The van der Waals surface area contributed by atoms with E-state index >= 15 is 0 Å². The van der Waals surface area contributed by atoms with Gasteiger partial charge in [-0.15, -0.1) is 0 Å². The first-order valence-corrected chi connectivity index (χ1v) is 5.98. The number of rotatable bonds is 2. The molecule has 0 aromatic heterocycles. The molecule has 2 aromatic carbocycles. The van der Waals surface area contributed by atoms with Gasteiger partial charge in [-0.2, -0.15) is 13.2 Å². The Bertz CT molecular complexity index is 623. The van der Waals surface area contributed by atoms with Crippen LogP contribution in [0.2, 0.25) is 5.02 Å². The lowest BCUT2D eigenvalue weighted by Gasteiger charge is -2.08. The topological polar surface area (TPSA) is 29.1 Å². The molecule has 0 fully saturated rings. The fourth-order valence-corrected chi connectivity index (χ4v) is 1.77. The average Bonchev–Trinajstić information content (AvgIpc) is 2.38. The van der Waals surface area contributed by atoms with E-state index < -0.39 is 17.6 Å². The number of nitrogens with one attached hydrogen (secondary N) is 1. The molecule has 0 spiro atoms. The molecule has 104 valence electrons. The lowest BCUT2D eigenvalue weighted by Crippen LogP contribution is -2.12. The molecule has 1 N–H and O–H groups in total. The summed E-state index contributed by atoms with van der Waals surface area (Å²) in [4.78, 5) is 11.9. The fourth-order valence-electron chi connectivity index (χ4n) is 1.58. The summed E-state index contributed by atoms with van der Waals surface area (Å²) in [6, 6.07) is 10.5. The van der Waals surface area contributed by atoms with Gasteiger partial charge >= 0.3 is 6.18 Å². The van der Waals surface area contributed by atoms with Gasteiger partial charge in [0.25, 0.3) is 5.91 Å². The molecule has 0 saturated heterocycles. The van der Waals surface area contributed by atoms with E-state index in [4.69, 9.17) is 11.6 Å². The van der Waals surface area contributed by atoms with Crippen molar-refractivity contribution in [3.8, 4) is 0 Å². The first-order chi connectivity index (χ1) is 9.36. The lowest BCUT2D eigenvalue weighted by atomic mass is 10.1. The Labute approximate surface area is 118 Å². The van der Waals surface area contributed by atoms with Crippen LogP contribution in [0.1, 0.15) is 15.9 Å². The third-order valence-corrected chi connectivity index (χ3v) is 2.79. The minimum atomic E-state index is -4.41. The Hall–Kier alpha value is -2.01. The van der Waals surface area contributed by atoms with Crippen molar-refractivity contribution < 1.29 is 18.0 Å². The van der Waals surface area contributed by atoms with E-state index in [1.807, 2.05) is 0 Å². The van der Waals surface area contributed by atoms with Gasteiger partial charge in [-0.05, 0) is 42.5 Å². The summed E-state index contributed by atoms with van der Waals surface area (Å²) < 4.78 is 37.2. The zero-order chi connectivity index (χ0) is 14.8. The summed E-state index contributed by atoms with van der Waals surface area (Å²) in [6.07, 6.45) is -4.41. The third kappa shape index (κ3) is 3.51.